The van der Waals surface area contributed by atoms with Crippen molar-refractivity contribution < 1.29 is 0 Å². The van der Waals surface area contributed by atoms with E-state index >= 15 is 0 Å². The smallest absolute Gasteiger partial charge is 0.0305 e. The zero-order valence-corrected chi connectivity index (χ0v) is 43.4. The molecule has 3 aromatic rings. The Morgan fingerprint density at radius 1 is 0.292 bits per heavy atom. The Morgan fingerprint density at radius 2 is 0.585 bits per heavy atom. The second-order valence-corrected chi connectivity index (χ2v) is 24.1. The van der Waals surface area contributed by atoms with Gasteiger partial charge in [-0.25, -0.2) is 0 Å². The Balaban J connectivity index is 0.000000104. The molecular formula is C65H86. The molecule has 65 heavy (non-hydrogen) atoms. The molecule has 3 aromatic carbocycles. The number of hydrogen-bond acceptors (Lipinski definition) is 0. The Labute approximate surface area is 397 Å². The zero-order valence-electron chi connectivity index (χ0n) is 43.4. The molecule has 18 rings (SSSR count). The van der Waals surface area contributed by atoms with E-state index in [1.165, 1.54) is 112 Å². The van der Waals surface area contributed by atoms with Crippen LogP contribution in [0.15, 0.2) is 129 Å². The van der Waals surface area contributed by atoms with Gasteiger partial charge in [-0.2, -0.15) is 0 Å². The molecular weight excluding hydrogens is 781 g/mol. The molecule has 0 aromatic heterocycles. The van der Waals surface area contributed by atoms with Gasteiger partial charge in [-0.15, -0.1) is 0 Å². The monoisotopic (exact) mass is 867 g/mol. The fourth-order valence-corrected chi connectivity index (χ4v) is 15.5. The lowest BCUT2D eigenvalue weighted by Crippen LogP contribution is -2.39. The quantitative estimate of drug-likeness (QED) is 0.198. The van der Waals surface area contributed by atoms with Crippen molar-refractivity contribution >= 4 is 0 Å². The molecule has 2 atom stereocenters. The third kappa shape index (κ3) is 7.99. The molecule has 2 unspecified atom stereocenters. The average Bonchev–Trinajstić information content (AvgIpc) is 3.33. The minimum Gasteiger partial charge on any atom is -0.0710 e. The van der Waals surface area contributed by atoms with E-state index in [4.69, 9.17) is 0 Å². The second-order valence-electron chi connectivity index (χ2n) is 24.1. The normalized spacial score (nSPS) is 34.9. The highest BCUT2D eigenvalue weighted by Crippen LogP contribution is 2.59. The van der Waals surface area contributed by atoms with Crippen LogP contribution < -0.4 is 0 Å². The van der Waals surface area contributed by atoms with Crippen LogP contribution in [0, 0.1) is 34.0 Å². The number of hydrogen-bond donors (Lipinski definition) is 0. The van der Waals surface area contributed by atoms with Gasteiger partial charge in [0, 0.05) is 23.7 Å². The molecule has 0 N–H and O–H groups in total. The van der Waals surface area contributed by atoms with Crippen molar-refractivity contribution in [1.29, 1.82) is 0 Å². The van der Waals surface area contributed by atoms with Crippen LogP contribution in [0.4, 0.5) is 0 Å². The van der Waals surface area contributed by atoms with Crippen molar-refractivity contribution in [3.8, 4) is 0 Å². The summed E-state index contributed by atoms with van der Waals surface area (Å²) in [5.74, 6) is 5.35. The van der Waals surface area contributed by atoms with Crippen molar-refractivity contribution in [3.63, 3.8) is 0 Å². The molecule has 0 nitrogen and oxygen atoms in total. The van der Waals surface area contributed by atoms with Gasteiger partial charge < -0.3 is 0 Å². The molecule has 3 saturated carbocycles. The van der Waals surface area contributed by atoms with Gasteiger partial charge in [0.25, 0.3) is 0 Å². The van der Waals surface area contributed by atoms with Crippen molar-refractivity contribution in [1.82, 2.24) is 0 Å². The van der Waals surface area contributed by atoms with Gasteiger partial charge in [-0.1, -0.05) is 149 Å². The van der Waals surface area contributed by atoms with E-state index in [-0.39, 0.29) is 0 Å². The first kappa shape index (κ1) is 46.5. The Bertz CT molecular complexity index is 2270. The highest BCUT2D eigenvalue weighted by Gasteiger charge is 2.46. The summed E-state index contributed by atoms with van der Waals surface area (Å²) in [5.41, 5.74) is 27.7. The summed E-state index contributed by atoms with van der Waals surface area (Å²) in [6, 6.07) is 26.9. The topological polar surface area (TPSA) is 0 Å². The van der Waals surface area contributed by atoms with Crippen LogP contribution in [0.5, 0.6) is 0 Å². The van der Waals surface area contributed by atoms with Crippen LogP contribution in [0.1, 0.15) is 237 Å². The summed E-state index contributed by atoms with van der Waals surface area (Å²) >= 11 is 0. The first-order chi connectivity index (χ1) is 31.0. The van der Waals surface area contributed by atoms with Crippen LogP contribution in [0.25, 0.3) is 0 Å². The number of benzene rings is 3. The molecule has 15 aliphatic rings. The summed E-state index contributed by atoms with van der Waals surface area (Å²) in [7, 11) is 0. The fraction of sp³-hybridized carbons (Fsp3) is 0.569. The fourth-order valence-electron chi connectivity index (χ4n) is 15.5. The van der Waals surface area contributed by atoms with Gasteiger partial charge in [0.15, 0.2) is 0 Å². The summed E-state index contributed by atoms with van der Waals surface area (Å²) in [5, 5.41) is 0. The molecule has 15 aliphatic carbocycles. The van der Waals surface area contributed by atoms with E-state index in [1.807, 2.05) is 0 Å². The molecule has 0 aliphatic heterocycles. The van der Waals surface area contributed by atoms with Crippen molar-refractivity contribution in [2.24, 2.45) is 34.0 Å². The number of rotatable bonds is 0. The van der Waals surface area contributed by atoms with Crippen molar-refractivity contribution in [2.75, 3.05) is 0 Å². The molecule has 346 valence electrons. The molecule has 0 saturated heterocycles. The lowest BCUT2D eigenvalue weighted by Gasteiger charge is -2.52. The maximum atomic E-state index is 2.45. The lowest BCUT2D eigenvalue weighted by molar-refractivity contribution is 0.124. The third-order valence-electron chi connectivity index (χ3n) is 21.5. The highest BCUT2D eigenvalue weighted by molar-refractivity contribution is 5.64. The predicted octanol–water partition coefficient (Wildman–Crippen LogP) is 19.2. The molecule has 10 bridgehead atoms. The Kier molecular flexibility index (Phi) is 12.7. The average molecular weight is 867 g/mol. The SMILES string of the molecule is CC1=C(C)C2(C)CCC1(C)CC2.CC1=C(C)C2(C)CCC1CC2.CC1=C(C)C2CCC1CC2.CC1=C(C)C2CCC1c1ccccc12.CC1=C(C)C2c3ccccc3C1c1ccccc12. The van der Waals surface area contributed by atoms with Crippen LogP contribution in [-0.2, 0) is 0 Å². The van der Waals surface area contributed by atoms with E-state index in [9.17, 15) is 0 Å². The molecule has 0 amide bonds. The maximum absolute atomic E-state index is 2.45. The molecule has 3 fully saturated rings. The largest absolute Gasteiger partial charge is 0.0710 e. The maximum Gasteiger partial charge on any atom is 0.0305 e. The van der Waals surface area contributed by atoms with Crippen molar-refractivity contribution in [3.05, 3.63) is 162 Å². The predicted molar refractivity (Wildman–Crippen MR) is 280 cm³/mol. The summed E-state index contributed by atoms with van der Waals surface area (Å²) in [4.78, 5) is 0. The molecule has 0 heteroatoms. The van der Waals surface area contributed by atoms with E-state index in [2.05, 4.69) is 163 Å². The lowest BCUT2D eigenvalue weighted by atomic mass is 9.53. The van der Waals surface area contributed by atoms with Crippen LogP contribution >= 0.6 is 0 Å². The van der Waals surface area contributed by atoms with E-state index in [0.717, 1.165) is 29.6 Å². The van der Waals surface area contributed by atoms with Crippen LogP contribution in [-0.4, -0.2) is 0 Å². The van der Waals surface area contributed by atoms with Gasteiger partial charge in [-0.3, -0.25) is 0 Å². The number of fused-ring (bicyclic) bond motifs is 7. The summed E-state index contributed by atoms with van der Waals surface area (Å²) < 4.78 is 0. The number of allylic oxidation sites excluding steroid dienone is 10. The van der Waals surface area contributed by atoms with E-state index in [1.54, 1.807) is 66.9 Å². The molecule has 0 heterocycles. The summed E-state index contributed by atoms with van der Waals surface area (Å²) in [6.45, 7) is 30.7. The first-order valence-electron chi connectivity index (χ1n) is 26.6. The molecule has 0 spiro atoms. The van der Waals surface area contributed by atoms with Crippen molar-refractivity contribution in [2.45, 2.75) is 204 Å². The third-order valence-corrected chi connectivity index (χ3v) is 21.5. The minimum absolute atomic E-state index is 0.488. The van der Waals surface area contributed by atoms with Gasteiger partial charge >= 0.3 is 0 Å². The zero-order chi connectivity index (χ0) is 46.2. The molecule has 0 radical (unpaired) electrons. The van der Waals surface area contributed by atoms with Gasteiger partial charge in [0.1, 0.15) is 0 Å². The van der Waals surface area contributed by atoms with Gasteiger partial charge in [0.2, 0.25) is 0 Å². The summed E-state index contributed by atoms with van der Waals surface area (Å²) in [6.07, 6.45) is 20.2. The van der Waals surface area contributed by atoms with E-state index < -0.39 is 0 Å². The van der Waals surface area contributed by atoms with Crippen LogP contribution in [0.3, 0.4) is 0 Å². The van der Waals surface area contributed by atoms with Gasteiger partial charge in [0.05, 0.1) is 0 Å². The minimum atomic E-state index is 0.488. The second kappa shape index (κ2) is 17.8. The Morgan fingerprint density at radius 3 is 0.877 bits per heavy atom. The van der Waals surface area contributed by atoms with Crippen LogP contribution in [0.2, 0.25) is 0 Å². The highest BCUT2D eigenvalue weighted by atomic mass is 14.5. The van der Waals surface area contributed by atoms with Gasteiger partial charge in [-0.05, 0) is 227 Å². The standard InChI is InChI=1S/C18H16.C14H16.C12H20.C11H18.C10H16/c1-11-12(2)18-15-9-5-3-7-13(15)17(11)14-8-4-6-10-16(14)18;1-9-10(2)12-8-7-11(9)13-5-3-4-6-14(12)13;1-9-10(2)12(4)7-5-11(9,3)6-8-12;1-8-9(2)11(3)6-4-10(8)5-7-11;1-7-8(2)10-5-3-9(7)4-6-10/h3-10,17-18H,1-2H3;3-6,11-12H,7-8H2,1-2H3;5-8H2,1-4H3;10H,4-7H2,1-3H3;9-10H,3-6H2,1-2H3. The first-order valence-corrected chi connectivity index (χ1v) is 26.6. The Hall–Kier alpha value is -3.64. The van der Waals surface area contributed by atoms with E-state index in [0.29, 0.717) is 28.1 Å².